The van der Waals surface area contributed by atoms with Crippen LogP contribution in [0.4, 0.5) is 0 Å². The third-order valence-corrected chi connectivity index (χ3v) is 4.58. The van der Waals surface area contributed by atoms with E-state index in [1.165, 1.54) is 0 Å². The van der Waals surface area contributed by atoms with E-state index in [1.54, 1.807) is 0 Å². The standard InChI is InChI=1S/C16H22ClN3O2/c17-14-3-1-2-12(8-14)15(20-4-6-22-7-5-20)11-19-16(21)13-9-18-10-13/h1-3,8,13,15,18H,4-7,9-11H2,(H,19,21). The van der Waals surface area contributed by atoms with Crippen LogP contribution in [0.2, 0.25) is 5.02 Å². The van der Waals surface area contributed by atoms with Gasteiger partial charge in [-0.05, 0) is 17.7 Å². The van der Waals surface area contributed by atoms with Crippen LogP contribution < -0.4 is 10.6 Å². The van der Waals surface area contributed by atoms with Crippen LogP contribution in [0, 0.1) is 5.92 Å². The monoisotopic (exact) mass is 323 g/mol. The van der Waals surface area contributed by atoms with E-state index in [4.69, 9.17) is 16.3 Å². The number of rotatable bonds is 5. The molecule has 22 heavy (non-hydrogen) atoms. The van der Waals surface area contributed by atoms with Crippen LogP contribution in [0.1, 0.15) is 11.6 Å². The first-order valence-corrected chi connectivity index (χ1v) is 8.17. The summed E-state index contributed by atoms with van der Waals surface area (Å²) in [5.74, 6) is 0.253. The number of carbonyl (C=O) groups excluding carboxylic acids is 1. The smallest absolute Gasteiger partial charge is 0.225 e. The van der Waals surface area contributed by atoms with Crippen LogP contribution in [0.15, 0.2) is 24.3 Å². The molecule has 0 radical (unpaired) electrons. The minimum Gasteiger partial charge on any atom is -0.379 e. The lowest BCUT2D eigenvalue weighted by Crippen LogP contribution is -2.52. The molecular weight excluding hydrogens is 302 g/mol. The minimum absolute atomic E-state index is 0.115. The predicted octanol–water partition coefficient (Wildman–Crippen LogP) is 1.05. The Labute approximate surface area is 136 Å². The van der Waals surface area contributed by atoms with E-state index in [9.17, 15) is 4.79 Å². The van der Waals surface area contributed by atoms with Crippen LogP contribution in [0.3, 0.4) is 0 Å². The fourth-order valence-electron chi connectivity index (χ4n) is 2.88. The Morgan fingerprint density at radius 1 is 1.41 bits per heavy atom. The SMILES string of the molecule is O=C(NCC(c1cccc(Cl)c1)N1CCOCC1)C1CNC1. The maximum absolute atomic E-state index is 12.1. The number of halogens is 1. The van der Waals surface area contributed by atoms with Gasteiger partial charge < -0.3 is 15.4 Å². The van der Waals surface area contributed by atoms with Gasteiger partial charge in [0.1, 0.15) is 0 Å². The van der Waals surface area contributed by atoms with E-state index < -0.39 is 0 Å². The Bertz CT molecular complexity index is 516. The summed E-state index contributed by atoms with van der Waals surface area (Å²) in [5, 5.41) is 6.95. The zero-order valence-corrected chi connectivity index (χ0v) is 13.3. The quantitative estimate of drug-likeness (QED) is 0.850. The average molecular weight is 324 g/mol. The summed E-state index contributed by atoms with van der Waals surface area (Å²) in [6, 6.07) is 8.03. The number of carbonyl (C=O) groups is 1. The summed E-state index contributed by atoms with van der Waals surface area (Å²) in [6.45, 7) is 5.39. The maximum Gasteiger partial charge on any atom is 0.225 e. The summed E-state index contributed by atoms with van der Waals surface area (Å²) >= 11 is 6.13. The molecule has 1 atom stereocenters. The van der Waals surface area contributed by atoms with E-state index in [2.05, 4.69) is 21.6 Å². The molecule has 2 N–H and O–H groups in total. The molecule has 2 saturated heterocycles. The van der Waals surface area contributed by atoms with Crippen molar-refractivity contribution in [2.24, 2.45) is 5.92 Å². The lowest BCUT2D eigenvalue weighted by atomic mass is 10.0. The van der Waals surface area contributed by atoms with E-state index in [0.29, 0.717) is 6.54 Å². The summed E-state index contributed by atoms with van der Waals surface area (Å²) in [5.41, 5.74) is 1.14. The van der Waals surface area contributed by atoms with Gasteiger partial charge in [0.25, 0.3) is 0 Å². The van der Waals surface area contributed by atoms with E-state index in [1.807, 2.05) is 18.2 Å². The van der Waals surface area contributed by atoms with Crippen LogP contribution >= 0.6 is 11.6 Å². The molecule has 1 aromatic carbocycles. The van der Waals surface area contributed by atoms with Crippen molar-refractivity contribution in [2.75, 3.05) is 45.9 Å². The molecule has 2 fully saturated rings. The van der Waals surface area contributed by atoms with Gasteiger partial charge in [-0.25, -0.2) is 0 Å². The third-order valence-electron chi connectivity index (χ3n) is 4.34. The molecule has 2 heterocycles. The van der Waals surface area contributed by atoms with Crippen LogP contribution in [-0.2, 0) is 9.53 Å². The summed E-state index contributed by atoms with van der Waals surface area (Å²) in [4.78, 5) is 14.4. The second kappa shape index (κ2) is 7.42. The number of morpholine rings is 1. The Morgan fingerprint density at radius 3 is 2.82 bits per heavy atom. The molecule has 6 heteroatoms. The van der Waals surface area contributed by atoms with Gasteiger partial charge >= 0.3 is 0 Å². The molecule has 2 aliphatic rings. The van der Waals surface area contributed by atoms with Gasteiger partial charge in [0.05, 0.1) is 25.2 Å². The number of hydrogen-bond acceptors (Lipinski definition) is 4. The molecule has 0 aromatic heterocycles. The molecule has 1 unspecified atom stereocenters. The largest absolute Gasteiger partial charge is 0.379 e. The fourth-order valence-corrected chi connectivity index (χ4v) is 3.08. The first-order chi connectivity index (χ1) is 10.7. The molecule has 1 amide bonds. The molecule has 0 saturated carbocycles. The molecule has 0 bridgehead atoms. The molecule has 3 rings (SSSR count). The first kappa shape index (κ1) is 15.7. The molecule has 2 aliphatic heterocycles. The highest BCUT2D eigenvalue weighted by atomic mass is 35.5. The topological polar surface area (TPSA) is 53.6 Å². The Balaban J connectivity index is 1.68. The Kier molecular flexibility index (Phi) is 5.31. The van der Waals surface area contributed by atoms with Crippen molar-refractivity contribution in [1.29, 1.82) is 0 Å². The van der Waals surface area contributed by atoms with Gasteiger partial charge in [-0.15, -0.1) is 0 Å². The van der Waals surface area contributed by atoms with Crippen LogP contribution in [0.5, 0.6) is 0 Å². The molecule has 120 valence electrons. The van der Waals surface area contributed by atoms with Gasteiger partial charge in [-0.2, -0.15) is 0 Å². The number of amides is 1. The second-order valence-corrected chi connectivity index (χ2v) is 6.26. The summed E-state index contributed by atoms with van der Waals surface area (Å²) in [7, 11) is 0. The minimum atomic E-state index is 0.115. The fraction of sp³-hybridized carbons (Fsp3) is 0.562. The Hall–Kier alpha value is -1.14. The predicted molar refractivity (Wildman–Crippen MR) is 86.0 cm³/mol. The zero-order chi connectivity index (χ0) is 15.4. The van der Waals surface area contributed by atoms with Crippen LogP contribution in [0.25, 0.3) is 0 Å². The van der Waals surface area contributed by atoms with E-state index in [-0.39, 0.29) is 17.9 Å². The lowest BCUT2D eigenvalue weighted by molar-refractivity contribution is -0.126. The van der Waals surface area contributed by atoms with Gasteiger partial charge in [0.2, 0.25) is 5.91 Å². The molecule has 1 aromatic rings. The van der Waals surface area contributed by atoms with Gasteiger partial charge in [0, 0.05) is 37.7 Å². The lowest BCUT2D eigenvalue weighted by Gasteiger charge is -2.35. The third kappa shape index (κ3) is 3.79. The first-order valence-electron chi connectivity index (χ1n) is 7.80. The van der Waals surface area contributed by atoms with E-state index >= 15 is 0 Å². The summed E-state index contributed by atoms with van der Waals surface area (Å²) in [6.07, 6.45) is 0. The number of hydrogen-bond donors (Lipinski definition) is 2. The average Bonchev–Trinajstić information content (AvgIpc) is 2.47. The normalized spacial score (nSPS) is 21.1. The number of nitrogens with one attached hydrogen (secondary N) is 2. The van der Waals surface area contributed by atoms with Gasteiger partial charge in [-0.3, -0.25) is 9.69 Å². The van der Waals surface area contributed by atoms with E-state index in [0.717, 1.165) is 50.0 Å². The molecule has 0 spiro atoms. The highest BCUT2D eigenvalue weighted by Gasteiger charge is 2.27. The highest BCUT2D eigenvalue weighted by Crippen LogP contribution is 2.24. The highest BCUT2D eigenvalue weighted by molar-refractivity contribution is 6.30. The van der Waals surface area contributed by atoms with Crippen molar-refractivity contribution in [2.45, 2.75) is 6.04 Å². The van der Waals surface area contributed by atoms with Crippen molar-refractivity contribution in [3.8, 4) is 0 Å². The zero-order valence-electron chi connectivity index (χ0n) is 12.6. The maximum atomic E-state index is 12.1. The second-order valence-electron chi connectivity index (χ2n) is 5.82. The van der Waals surface area contributed by atoms with Crippen molar-refractivity contribution in [3.63, 3.8) is 0 Å². The van der Waals surface area contributed by atoms with Crippen molar-refractivity contribution in [3.05, 3.63) is 34.9 Å². The molecule has 0 aliphatic carbocycles. The summed E-state index contributed by atoms with van der Waals surface area (Å²) < 4.78 is 5.44. The molecule has 5 nitrogen and oxygen atoms in total. The van der Waals surface area contributed by atoms with Crippen molar-refractivity contribution >= 4 is 17.5 Å². The van der Waals surface area contributed by atoms with Crippen molar-refractivity contribution in [1.82, 2.24) is 15.5 Å². The van der Waals surface area contributed by atoms with Crippen molar-refractivity contribution < 1.29 is 9.53 Å². The van der Waals surface area contributed by atoms with Gasteiger partial charge in [-0.1, -0.05) is 23.7 Å². The number of nitrogens with zero attached hydrogens (tertiary/aromatic N) is 1. The Morgan fingerprint density at radius 2 is 2.18 bits per heavy atom. The number of ether oxygens (including phenoxy) is 1. The number of benzene rings is 1. The van der Waals surface area contributed by atoms with Crippen LogP contribution in [-0.4, -0.2) is 56.7 Å². The molecular formula is C16H22ClN3O2. The van der Waals surface area contributed by atoms with Gasteiger partial charge in [0.15, 0.2) is 0 Å².